The molecule has 4 nitrogen and oxygen atoms in total. The Hall–Kier alpha value is -1.39. The number of hydrogen-bond acceptors (Lipinski definition) is 3. The average molecular weight is 401 g/mol. The van der Waals surface area contributed by atoms with Crippen molar-refractivity contribution in [1.82, 2.24) is 0 Å². The van der Waals surface area contributed by atoms with Crippen molar-refractivity contribution in [2.24, 2.45) is 11.8 Å². The minimum atomic E-state index is -1.53. The molecule has 3 aliphatic rings. The van der Waals surface area contributed by atoms with Crippen LogP contribution in [0, 0.1) is 11.8 Å². The lowest BCUT2D eigenvalue weighted by Crippen LogP contribution is -2.53. The predicted molar refractivity (Wildman–Crippen MR) is 114 cm³/mol. The number of likely N-dealkylation sites (tertiary alicyclic amines) is 1. The van der Waals surface area contributed by atoms with Crippen LogP contribution in [-0.4, -0.2) is 47.8 Å². The Morgan fingerprint density at radius 2 is 1.79 bits per heavy atom. The maximum absolute atomic E-state index is 13.6. The van der Waals surface area contributed by atoms with Crippen LogP contribution in [0.25, 0.3) is 0 Å². The molecule has 29 heavy (non-hydrogen) atoms. The maximum Gasteiger partial charge on any atom is 0.343 e. The number of carbonyl (C=O) groups excluding carboxylic acids is 1. The Bertz CT molecular complexity index is 699. The van der Waals surface area contributed by atoms with Gasteiger partial charge in [-0.15, -0.1) is 0 Å². The molecule has 1 heterocycles. The van der Waals surface area contributed by atoms with Crippen molar-refractivity contribution in [2.75, 3.05) is 20.1 Å². The molecule has 0 radical (unpaired) electrons. The number of benzene rings is 1. The van der Waals surface area contributed by atoms with E-state index in [2.05, 4.69) is 14.0 Å². The van der Waals surface area contributed by atoms with E-state index in [9.17, 15) is 9.90 Å². The molecule has 0 spiro atoms. The molecule has 1 N–H and O–H groups in total. The molecule has 4 heteroatoms. The maximum atomic E-state index is 13.6. The van der Waals surface area contributed by atoms with Gasteiger partial charge >= 0.3 is 5.97 Å². The number of ether oxygens (including phenoxy) is 1. The summed E-state index contributed by atoms with van der Waals surface area (Å²) in [6.45, 7) is 4.47. The van der Waals surface area contributed by atoms with Gasteiger partial charge in [-0.2, -0.15) is 0 Å². The largest absolute Gasteiger partial charge is 0.453 e. The molecule has 1 saturated heterocycles. The van der Waals surface area contributed by atoms with Crippen molar-refractivity contribution in [2.45, 2.75) is 82.5 Å². The van der Waals surface area contributed by atoms with Gasteiger partial charge in [0.2, 0.25) is 0 Å². The summed E-state index contributed by atoms with van der Waals surface area (Å²) < 4.78 is 7.27. The zero-order chi connectivity index (χ0) is 20.5. The normalized spacial score (nSPS) is 34.5. The lowest BCUT2D eigenvalue weighted by atomic mass is 9.77. The molecule has 3 fully saturated rings. The number of aliphatic hydroxyl groups is 1. The van der Waals surface area contributed by atoms with Crippen molar-refractivity contribution < 1.29 is 19.1 Å². The fourth-order valence-corrected chi connectivity index (χ4v) is 6.63. The number of rotatable bonds is 6. The van der Waals surface area contributed by atoms with Gasteiger partial charge in [0.05, 0.1) is 26.1 Å². The lowest BCUT2D eigenvalue weighted by Gasteiger charge is -2.39. The highest BCUT2D eigenvalue weighted by Crippen LogP contribution is 2.46. The summed E-state index contributed by atoms with van der Waals surface area (Å²) in [6.07, 6.45) is 9.70. The smallest absolute Gasteiger partial charge is 0.343 e. The van der Waals surface area contributed by atoms with Gasteiger partial charge in [-0.3, -0.25) is 0 Å². The van der Waals surface area contributed by atoms with Gasteiger partial charge in [0.25, 0.3) is 0 Å². The number of esters is 1. The van der Waals surface area contributed by atoms with E-state index in [-0.39, 0.29) is 12.0 Å². The summed E-state index contributed by atoms with van der Waals surface area (Å²) in [7, 11) is 2.32. The summed E-state index contributed by atoms with van der Waals surface area (Å²) in [5.41, 5.74) is -0.824. The van der Waals surface area contributed by atoms with Crippen LogP contribution >= 0.6 is 0 Å². The van der Waals surface area contributed by atoms with Crippen LogP contribution in [0.5, 0.6) is 0 Å². The fraction of sp³-hybridized carbons (Fsp3) is 0.720. The summed E-state index contributed by atoms with van der Waals surface area (Å²) in [5.74, 6) is -0.0208. The lowest BCUT2D eigenvalue weighted by molar-refractivity contribution is -0.927. The fourth-order valence-electron chi connectivity index (χ4n) is 6.63. The third kappa shape index (κ3) is 3.74. The molecule has 1 aromatic carbocycles. The summed E-state index contributed by atoms with van der Waals surface area (Å²) in [6, 6.07) is 9.95. The quantitative estimate of drug-likeness (QED) is 0.437. The topological polar surface area (TPSA) is 46.5 Å². The second-order valence-corrected chi connectivity index (χ2v) is 9.98. The van der Waals surface area contributed by atoms with Crippen LogP contribution in [0.2, 0.25) is 0 Å². The predicted octanol–water partition coefficient (Wildman–Crippen LogP) is 4.41. The molecular formula is C25H38NO3+. The number of quaternary nitrogens is 1. The molecule has 2 saturated carbocycles. The monoisotopic (exact) mass is 400 g/mol. The van der Waals surface area contributed by atoms with E-state index < -0.39 is 11.6 Å². The Balaban J connectivity index is 1.59. The Morgan fingerprint density at radius 3 is 2.45 bits per heavy atom. The highest BCUT2D eigenvalue weighted by Gasteiger charge is 2.59. The van der Waals surface area contributed by atoms with E-state index in [0.717, 1.165) is 62.5 Å². The molecule has 160 valence electrons. The Morgan fingerprint density at radius 1 is 1.10 bits per heavy atom. The summed E-state index contributed by atoms with van der Waals surface area (Å²) >= 11 is 0. The number of hydrogen-bond donors (Lipinski definition) is 1. The average Bonchev–Trinajstić information content (AvgIpc) is 3.07. The number of fused-ring (bicyclic) bond motifs is 2. The first-order valence-corrected chi connectivity index (χ1v) is 11.8. The molecule has 5 atom stereocenters. The van der Waals surface area contributed by atoms with Crippen LogP contribution in [0.4, 0.5) is 0 Å². The molecule has 2 bridgehead atoms. The third-order valence-electron chi connectivity index (χ3n) is 8.08. The molecule has 4 rings (SSSR count). The van der Waals surface area contributed by atoms with E-state index in [0.29, 0.717) is 17.5 Å². The molecule has 2 aliphatic carbocycles. The Labute approximate surface area is 175 Å². The first-order chi connectivity index (χ1) is 14.0. The number of piperidine rings is 1. The zero-order valence-electron chi connectivity index (χ0n) is 18.2. The van der Waals surface area contributed by atoms with Crippen LogP contribution in [0.3, 0.4) is 0 Å². The van der Waals surface area contributed by atoms with Gasteiger partial charge in [-0.05, 0) is 31.2 Å². The van der Waals surface area contributed by atoms with Crippen LogP contribution < -0.4 is 0 Å². The minimum Gasteiger partial charge on any atom is -0.453 e. The van der Waals surface area contributed by atoms with Crippen molar-refractivity contribution in [3.8, 4) is 0 Å². The van der Waals surface area contributed by atoms with E-state index in [4.69, 9.17) is 4.74 Å². The highest BCUT2D eigenvalue weighted by molar-refractivity contribution is 5.82. The first kappa shape index (κ1) is 20.9. The van der Waals surface area contributed by atoms with Crippen LogP contribution in [0.15, 0.2) is 30.3 Å². The first-order valence-electron chi connectivity index (χ1n) is 11.8. The van der Waals surface area contributed by atoms with E-state index in [1.54, 1.807) is 0 Å². The highest BCUT2D eigenvalue weighted by atomic mass is 16.6. The number of likely N-dealkylation sites (N-methyl/N-ethyl adjacent to an activating group) is 1. The van der Waals surface area contributed by atoms with Crippen LogP contribution in [0.1, 0.15) is 70.3 Å². The summed E-state index contributed by atoms with van der Waals surface area (Å²) in [5, 5.41) is 11.9. The van der Waals surface area contributed by atoms with Gasteiger partial charge in [0.1, 0.15) is 6.04 Å². The van der Waals surface area contributed by atoms with E-state index in [1.807, 2.05) is 30.3 Å². The van der Waals surface area contributed by atoms with E-state index >= 15 is 0 Å². The molecule has 0 amide bonds. The molecular weight excluding hydrogens is 362 g/mol. The van der Waals surface area contributed by atoms with Crippen molar-refractivity contribution in [3.63, 3.8) is 0 Å². The van der Waals surface area contributed by atoms with Crippen molar-refractivity contribution >= 4 is 5.97 Å². The standard InChI is InChI=1S/C25H38NO3/c1-3-17-26(2)18-19-15-16-22(26)23(19)29-24(27)25(28,21-13-9-6-10-14-21)20-11-7-4-5-8-12-20/h6,9-10,13-14,19-20,22-23,28H,3-5,7-8,11-12,15-18H2,1-2H3/q+1/t19?,22-,23?,25?,26?/m1/s1. The van der Waals surface area contributed by atoms with Gasteiger partial charge in [0.15, 0.2) is 11.7 Å². The van der Waals surface area contributed by atoms with E-state index in [1.165, 1.54) is 12.8 Å². The third-order valence-corrected chi connectivity index (χ3v) is 8.08. The zero-order valence-corrected chi connectivity index (χ0v) is 18.2. The minimum absolute atomic E-state index is 0.0416. The van der Waals surface area contributed by atoms with Gasteiger partial charge in [-0.1, -0.05) is 62.9 Å². The van der Waals surface area contributed by atoms with Crippen molar-refractivity contribution in [3.05, 3.63) is 35.9 Å². The van der Waals surface area contributed by atoms with Gasteiger partial charge in [-0.25, -0.2) is 4.79 Å². The second-order valence-electron chi connectivity index (χ2n) is 9.98. The number of nitrogens with zero attached hydrogens (tertiary/aromatic N) is 1. The molecule has 1 aliphatic heterocycles. The number of carbonyl (C=O) groups is 1. The van der Waals surface area contributed by atoms with Crippen molar-refractivity contribution in [1.29, 1.82) is 0 Å². The molecule has 4 unspecified atom stereocenters. The van der Waals surface area contributed by atoms with Crippen LogP contribution in [-0.2, 0) is 15.1 Å². The van der Waals surface area contributed by atoms with Gasteiger partial charge in [0, 0.05) is 12.3 Å². The second kappa shape index (κ2) is 8.39. The molecule has 0 aromatic heterocycles. The van der Waals surface area contributed by atoms with Gasteiger partial charge < -0.3 is 14.3 Å². The summed E-state index contributed by atoms with van der Waals surface area (Å²) in [4.78, 5) is 13.6. The molecule has 1 aromatic rings. The Kier molecular flexibility index (Phi) is 6.04. The SMILES string of the molecule is CCC[N+]1(C)CC2CC[C@@H]1C2OC(=O)C(O)(c1ccccc1)C1CCCCCC1.